The van der Waals surface area contributed by atoms with Gasteiger partial charge in [0.25, 0.3) is 0 Å². The van der Waals surface area contributed by atoms with E-state index in [0.29, 0.717) is 59.2 Å². The Kier molecular flexibility index (Phi) is 9.92. The fourth-order valence-corrected chi connectivity index (χ4v) is 5.58. The lowest BCUT2D eigenvalue weighted by molar-refractivity contribution is 0.235. The molecular formula is C32H39ClFN7O2. The number of H-pyrrole nitrogens is 1. The van der Waals surface area contributed by atoms with E-state index in [0.717, 1.165) is 30.4 Å². The molecule has 2 heterocycles. The first-order valence-electron chi connectivity index (χ1n) is 14.8. The Hall–Kier alpha value is -3.57. The van der Waals surface area contributed by atoms with E-state index in [1.165, 1.54) is 17.4 Å². The number of nitrogens with one attached hydrogen (secondary N) is 4. The molecule has 2 aromatic heterocycles. The third-order valence-corrected chi connectivity index (χ3v) is 8.30. The highest BCUT2D eigenvalue weighted by atomic mass is 35.5. The average Bonchev–Trinajstić information content (AvgIpc) is 3.76. The first kappa shape index (κ1) is 30.9. The van der Waals surface area contributed by atoms with Crippen LogP contribution in [0.5, 0.6) is 0 Å². The molecule has 7 N–H and O–H groups in total. The van der Waals surface area contributed by atoms with Crippen LogP contribution in [0.3, 0.4) is 0 Å². The molecule has 1 aliphatic carbocycles. The molecule has 0 radical (unpaired) electrons. The zero-order valence-electron chi connectivity index (χ0n) is 24.3. The Labute approximate surface area is 255 Å². The molecule has 5 rings (SSSR count). The summed E-state index contributed by atoms with van der Waals surface area (Å²) in [6, 6.07) is 12.9. The fourth-order valence-electron chi connectivity index (χ4n) is 5.34. The number of nitrogens with zero attached hydrogens (tertiary/aromatic N) is 2. The number of nitrogens with two attached hydrogens (primary N) is 1. The van der Waals surface area contributed by atoms with Crippen LogP contribution in [0.4, 0.5) is 4.39 Å². The van der Waals surface area contributed by atoms with Crippen molar-refractivity contribution in [3.05, 3.63) is 81.1 Å². The molecule has 0 spiro atoms. The molecule has 1 fully saturated rings. The van der Waals surface area contributed by atoms with Gasteiger partial charge in [-0.15, -0.1) is 0 Å². The Balaban J connectivity index is 1.29. The van der Waals surface area contributed by atoms with Crippen LogP contribution in [0, 0.1) is 17.1 Å². The van der Waals surface area contributed by atoms with Crippen molar-refractivity contribution < 1.29 is 9.50 Å². The molecular weight excluding hydrogens is 569 g/mol. The minimum absolute atomic E-state index is 0.00791. The molecule has 0 amide bonds. The van der Waals surface area contributed by atoms with Crippen molar-refractivity contribution in [3.8, 4) is 16.9 Å². The lowest BCUT2D eigenvalue weighted by atomic mass is 10.00. The molecule has 0 unspecified atom stereocenters. The SMILES string of the molecule is CC(=N)NCC[C@H](CO)NCc1ccc(-n2cc3cc(-c4cc(CCC[C@@H](N)C5CC5)cc(Cl)c4F)[nH]c3nc2=O)cc1. The maximum atomic E-state index is 15.2. The number of aliphatic hydroxyl groups excluding tert-OH is 1. The summed E-state index contributed by atoms with van der Waals surface area (Å²) in [5, 5.41) is 24.1. The first-order chi connectivity index (χ1) is 20.7. The predicted molar refractivity (Wildman–Crippen MR) is 169 cm³/mol. The van der Waals surface area contributed by atoms with Crippen LogP contribution in [-0.4, -0.2) is 50.7 Å². The van der Waals surface area contributed by atoms with Gasteiger partial charge in [0.05, 0.1) is 28.8 Å². The van der Waals surface area contributed by atoms with Gasteiger partial charge in [-0.1, -0.05) is 23.7 Å². The van der Waals surface area contributed by atoms with Gasteiger partial charge in [0.15, 0.2) is 5.82 Å². The largest absolute Gasteiger partial charge is 0.395 e. The zero-order valence-corrected chi connectivity index (χ0v) is 25.1. The van der Waals surface area contributed by atoms with Crippen LogP contribution in [0.1, 0.15) is 50.2 Å². The molecule has 1 saturated carbocycles. The second-order valence-corrected chi connectivity index (χ2v) is 11.9. The molecule has 2 atom stereocenters. The number of aromatic amines is 1. The fraction of sp³-hybridized carbons (Fsp3) is 0.406. The normalized spacial score (nSPS) is 14.6. The molecule has 228 valence electrons. The van der Waals surface area contributed by atoms with Crippen molar-refractivity contribution in [1.29, 1.82) is 5.41 Å². The summed E-state index contributed by atoms with van der Waals surface area (Å²) in [5.74, 6) is 0.527. The van der Waals surface area contributed by atoms with E-state index < -0.39 is 11.5 Å². The van der Waals surface area contributed by atoms with Gasteiger partial charge in [-0.05, 0) is 92.8 Å². The Morgan fingerprint density at radius 3 is 2.70 bits per heavy atom. The number of aromatic nitrogens is 3. The molecule has 9 nitrogen and oxygen atoms in total. The third kappa shape index (κ3) is 7.88. The van der Waals surface area contributed by atoms with E-state index in [9.17, 15) is 9.90 Å². The number of aryl methyl sites for hydroxylation is 1. The monoisotopic (exact) mass is 607 g/mol. The van der Waals surface area contributed by atoms with Gasteiger partial charge in [0.2, 0.25) is 0 Å². The van der Waals surface area contributed by atoms with Gasteiger partial charge in [-0.2, -0.15) is 4.98 Å². The predicted octanol–water partition coefficient (Wildman–Crippen LogP) is 4.66. The van der Waals surface area contributed by atoms with E-state index in [4.69, 9.17) is 22.7 Å². The molecule has 11 heteroatoms. The maximum absolute atomic E-state index is 15.2. The number of aliphatic hydroxyl groups is 1. The van der Waals surface area contributed by atoms with Crippen LogP contribution in [0.15, 0.2) is 53.5 Å². The van der Waals surface area contributed by atoms with E-state index >= 15 is 4.39 Å². The number of hydrogen-bond acceptors (Lipinski definition) is 6. The van der Waals surface area contributed by atoms with Crippen LogP contribution in [0.25, 0.3) is 28.0 Å². The van der Waals surface area contributed by atoms with Gasteiger partial charge >= 0.3 is 5.69 Å². The molecule has 0 saturated heterocycles. The van der Waals surface area contributed by atoms with Crippen LogP contribution in [0.2, 0.25) is 5.02 Å². The van der Waals surface area contributed by atoms with Gasteiger partial charge in [0.1, 0.15) is 5.65 Å². The van der Waals surface area contributed by atoms with Gasteiger partial charge in [-0.25, -0.2) is 9.18 Å². The number of fused-ring (bicyclic) bond motifs is 1. The highest BCUT2D eigenvalue weighted by Gasteiger charge is 2.27. The Morgan fingerprint density at radius 1 is 1.23 bits per heavy atom. The van der Waals surface area contributed by atoms with E-state index in [-0.39, 0.29) is 23.7 Å². The van der Waals surface area contributed by atoms with Crippen molar-refractivity contribution in [1.82, 2.24) is 25.2 Å². The molecule has 4 aromatic rings. The number of rotatable bonds is 14. The summed E-state index contributed by atoms with van der Waals surface area (Å²) < 4.78 is 16.6. The summed E-state index contributed by atoms with van der Waals surface area (Å²) in [5.41, 5.74) is 9.58. The van der Waals surface area contributed by atoms with Crippen LogP contribution < -0.4 is 22.1 Å². The minimum Gasteiger partial charge on any atom is -0.395 e. The van der Waals surface area contributed by atoms with Crippen molar-refractivity contribution in [3.63, 3.8) is 0 Å². The highest BCUT2D eigenvalue weighted by Crippen LogP contribution is 2.34. The van der Waals surface area contributed by atoms with Gasteiger partial charge in [0, 0.05) is 42.3 Å². The highest BCUT2D eigenvalue weighted by molar-refractivity contribution is 6.31. The van der Waals surface area contributed by atoms with Crippen molar-refractivity contribution in [2.24, 2.45) is 11.7 Å². The van der Waals surface area contributed by atoms with Crippen LogP contribution in [-0.2, 0) is 13.0 Å². The zero-order chi connectivity index (χ0) is 30.5. The summed E-state index contributed by atoms with van der Waals surface area (Å²) in [6.45, 7) is 2.82. The Morgan fingerprint density at radius 2 is 2.00 bits per heavy atom. The van der Waals surface area contributed by atoms with Crippen LogP contribution >= 0.6 is 11.6 Å². The number of halogens is 2. The van der Waals surface area contributed by atoms with Crippen molar-refractivity contribution in [2.45, 2.75) is 64.1 Å². The summed E-state index contributed by atoms with van der Waals surface area (Å²) in [7, 11) is 0. The molecule has 0 aliphatic heterocycles. The number of amidine groups is 1. The molecule has 43 heavy (non-hydrogen) atoms. The van der Waals surface area contributed by atoms with E-state index in [1.807, 2.05) is 24.3 Å². The topological polar surface area (TPSA) is 145 Å². The smallest absolute Gasteiger partial charge is 0.354 e. The minimum atomic E-state index is -0.518. The maximum Gasteiger partial charge on any atom is 0.354 e. The summed E-state index contributed by atoms with van der Waals surface area (Å²) in [6.07, 6.45) is 7.40. The second kappa shape index (κ2) is 13.8. The summed E-state index contributed by atoms with van der Waals surface area (Å²) in [4.78, 5) is 20.3. The molecule has 2 aromatic carbocycles. The number of hydrogen-bond donors (Lipinski definition) is 6. The number of benzene rings is 2. The first-order valence-corrected chi connectivity index (χ1v) is 15.2. The third-order valence-electron chi connectivity index (χ3n) is 8.03. The quantitative estimate of drug-likeness (QED) is 0.0908. The molecule has 1 aliphatic rings. The van der Waals surface area contributed by atoms with Gasteiger partial charge in [-0.3, -0.25) is 9.98 Å². The lowest BCUT2D eigenvalue weighted by Crippen LogP contribution is -2.35. The van der Waals surface area contributed by atoms with Gasteiger partial charge < -0.3 is 26.5 Å². The van der Waals surface area contributed by atoms with Crippen molar-refractivity contribution in [2.75, 3.05) is 13.2 Å². The van der Waals surface area contributed by atoms with Crippen molar-refractivity contribution >= 4 is 28.5 Å². The summed E-state index contributed by atoms with van der Waals surface area (Å²) >= 11 is 6.28. The second-order valence-electron chi connectivity index (χ2n) is 11.5. The molecule has 0 bridgehead atoms. The standard InChI is InChI=1S/C32H39ClFN7O2/c1-19(35)37-12-11-24(18-42)38-16-20-5-9-25(10-6-20)41-17-23-15-29(39-31(23)40-32(41)43)26-13-21(14-27(33)30(26)34)3-2-4-28(36)22-7-8-22/h5-6,9-10,13-15,17,22,24,28,38,42H,2-4,7-8,11-12,16,18,36H2,1H3,(H2,35,37)(H,39,40,43)/t24-,28-/m1/s1. The van der Waals surface area contributed by atoms with E-state index in [2.05, 4.69) is 20.6 Å². The lowest BCUT2D eigenvalue weighted by Gasteiger charge is -2.17. The van der Waals surface area contributed by atoms with E-state index in [1.54, 1.807) is 31.3 Å². The Bertz CT molecular complexity index is 1630. The average molecular weight is 608 g/mol.